The Bertz CT molecular complexity index is 1720. The lowest BCUT2D eigenvalue weighted by atomic mass is 10.0. The second kappa shape index (κ2) is 11.9. The third-order valence-corrected chi connectivity index (χ3v) is 7.16. The van der Waals surface area contributed by atoms with Crippen LogP contribution in [0.2, 0.25) is 0 Å². The highest BCUT2D eigenvalue weighted by atomic mass is 16.5. The Morgan fingerprint density at radius 1 is 1.14 bits per heavy atom. The fourth-order valence-electron chi connectivity index (χ4n) is 5.35. The summed E-state index contributed by atoms with van der Waals surface area (Å²) < 4.78 is 14.6. The number of nitrogen functional groups attached to an aromatic ring is 1. The number of anilines is 1. The lowest BCUT2D eigenvalue weighted by Gasteiger charge is -2.33. The number of nitrogens with two attached hydrogens (primary N) is 1. The number of ether oxygens (including phenoxy) is 2. The number of amides is 1. The van der Waals surface area contributed by atoms with Crippen LogP contribution in [0, 0.1) is 11.3 Å². The minimum absolute atomic E-state index is 0.00764. The molecule has 1 fully saturated rings. The van der Waals surface area contributed by atoms with Crippen LogP contribution in [0.3, 0.4) is 0 Å². The van der Waals surface area contributed by atoms with E-state index < -0.39 is 11.5 Å². The molecular formula is C31H33N7O4. The van der Waals surface area contributed by atoms with E-state index in [0.29, 0.717) is 54.3 Å². The number of likely N-dealkylation sites (tertiary alicyclic amines) is 1. The summed E-state index contributed by atoms with van der Waals surface area (Å²) in [4.78, 5) is 37.6. The van der Waals surface area contributed by atoms with Gasteiger partial charge in [0.1, 0.15) is 35.0 Å². The van der Waals surface area contributed by atoms with Crippen molar-refractivity contribution < 1.29 is 14.3 Å². The quantitative estimate of drug-likeness (QED) is 0.244. The van der Waals surface area contributed by atoms with Gasteiger partial charge in [-0.15, -0.1) is 0 Å². The normalized spacial score (nSPS) is 15.9. The Morgan fingerprint density at radius 3 is 2.55 bits per heavy atom. The number of carbonyl (C=O) groups is 1. The fourth-order valence-corrected chi connectivity index (χ4v) is 5.35. The summed E-state index contributed by atoms with van der Waals surface area (Å²) in [6.07, 6.45) is 4.17. The zero-order valence-electron chi connectivity index (χ0n) is 23.9. The van der Waals surface area contributed by atoms with E-state index in [0.717, 1.165) is 0 Å². The van der Waals surface area contributed by atoms with E-state index >= 15 is 0 Å². The number of hydrogen-bond donors (Lipinski definition) is 1. The number of piperidine rings is 1. The first-order valence-electron chi connectivity index (χ1n) is 13.9. The standard InChI is InChI=1S/C31H33N7O4/c1-4-41-31(2,3)17-21(18-32)29(39)36-16-8-9-23(19-36)38-28-26(27(33)34-20-35-28)37(30(38)40)22-12-14-25(15-13-22)42-24-10-6-5-7-11-24/h5-7,10-15,17,20,23H,4,8-9,16,19H2,1-3H3,(H2,33,34,35)/b21-17-/t23-/m0/s1. The van der Waals surface area contributed by atoms with Crippen molar-refractivity contribution in [1.29, 1.82) is 5.26 Å². The molecule has 1 aliphatic heterocycles. The van der Waals surface area contributed by atoms with E-state index in [1.807, 2.05) is 43.3 Å². The van der Waals surface area contributed by atoms with Crippen LogP contribution in [-0.4, -0.2) is 55.2 Å². The molecular weight excluding hydrogens is 534 g/mol. The zero-order valence-corrected chi connectivity index (χ0v) is 23.9. The molecule has 0 radical (unpaired) electrons. The summed E-state index contributed by atoms with van der Waals surface area (Å²) in [5.74, 6) is 1.08. The van der Waals surface area contributed by atoms with Crippen LogP contribution in [0.5, 0.6) is 11.5 Å². The summed E-state index contributed by atoms with van der Waals surface area (Å²) in [6.45, 7) is 6.62. The van der Waals surface area contributed by atoms with Gasteiger partial charge in [-0.1, -0.05) is 18.2 Å². The van der Waals surface area contributed by atoms with Crippen LogP contribution in [0.4, 0.5) is 5.82 Å². The average molecular weight is 568 g/mol. The van der Waals surface area contributed by atoms with Crippen molar-refractivity contribution >= 4 is 22.9 Å². The molecule has 0 unspecified atom stereocenters. The number of benzene rings is 2. The van der Waals surface area contributed by atoms with Crippen LogP contribution in [0.15, 0.2) is 77.4 Å². The highest BCUT2D eigenvalue weighted by Gasteiger charge is 2.32. The third kappa shape index (κ3) is 5.75. The monoisotopic (exact) mass is 567 g/mol. The fraction of sp³-hybridized carbons (Fsp3) is 0.323. The maximum atomic E-state index is 14.0. The van der Waals surface area contributed by atoms with Crippen LogP contribution < -0.4 is 16.2 Å². The lowest BCUT2D eigenvalue weighted by Crippen LogP contribution is -2.43. The molecule has 216 valence electrons. The predicted octanol–water partition coefficient (Wildman–Crippen LogP) is 4.39. The van der Waals surface area contributed by atoms with Gasteiger partial charge in [-0.25, -0.2) is 14.8 Å². The number of imidazole rings is 1. The third-order valence-electron chi connectivity index (χ3n) is 7.16. The molecule has 1 amide bonds. The smallest absolute Gasteiger partial charge is 0.335 e. The molecule has 4 aromatic rings. The van der Waals surface area contributed by atoms with Crippen molar-refractivity contribution in [1.82, 2.24) is 24.0 Å². The number of hydrogen-bond acceptors (Lipinski definition) is 8. The number of fused-ring (bicyclic) bond motifs is 1. The number of carbonyl (C=O) groups excluding carboxylic acids is 1. The van der Waals surface area contributed by atoms with Gasteiger partial charge in [0.15, 0.2) is 11.5 Å². The molecule has 2 aromatic heterocycles. The van der Waals surface area contributed by atoms with Crippen molar-refractivity contribution in [3.8, 4) is 23.3 Å². The van der Waals surface area contributed by atoms with Gasteiger partial charge in [-0.3, -0.25) is 13.9 Å². The van der Waals surface area contributed by atoms with E-state index in [-0.39, 0.29) is 29.7 Å². The second-order valence-corrected chi connectivity index (χ2v) is 10.6. The molecule has 5 rings (SSSR count). The summed E-state index contributed by atoms with van der Waals surface area (Å²) in [6, 6.07) is 18.2. The molecule has 1 atom stereocenters. The van der Waals surface area contributed by atoms with Crippen molar-refractivity contribution in [3.63, 3.8) is 0 Å². The molecule has 0 saturated carbocycles. The van der Waals surface area contributed by atoms with E-state index in [2.05, 4.69) is 9.97 Å². The zero-order chi connectivity index (χ0) is 29.9. The molecule has 1 saturated heterocycles. The molecule has 0 aliphatic carbocycles. The number of rotatable bonds is 8. The van der Waals surface area contributed by atoms with Gasteiger partial charge in [0, 0.05) is 19.7 Å². The van der Waals surface area contributed by atoms with Gasteiger partial charge in [-0.05, 0) is 76.1 Å². The van der Waals surface area contributed by atoms with Gasteiger partial charge >= 0.3 is 5.69 Å². The molecule has 11 nitrogen and oxygen atoms in total. The molecule has 1 aliphatic rings. The van der Waals surface area contributed by atoms with Crippen molar-refractivity contribution in [3.05, 3.63) is 83.1 Å². The van der Waals surface area contributed by atoms with Crippen LogP contribution in [0.1, 0.15) is 39.7 Å². The van der Waals surface area contributed by atoms with E-state index in [1.165, 1.54) is 10.9 Å². The SMILES string of the molecule is CCOC(C)(C)/C=C(/C#N)C(=O)N1CCC[C@H](n2c(=O)n(-c3ccc(Oc4ccccc4)cc3)c3c(N)ncnc32)C1. The van der Waals surface area contributed by atoms with Crippen molar-refractivity contribution in [2.75, 3.05) is 25.4 Å². The lowest BCUT2D eigenvalue weighted by molar-refractivity contribution is -0.128. The maximum Gasteiger partial charge on any atom is 0.335 e. The Labute approximate surface area is 243 Å². The Kier molecular flexibility index (Phi) is 8.08. The van der Waals surface area contributed by atoms with Crippen LogP contribution in [0.25, 0.3) is 16.9 Å². The summed E-state index contributed by atoms with van der Waals surface area (Å²) in [7, 11) is 0. The summed E-state index contributed by atoms with van der Waals surface area (Å²) >= 11 is 0. The van der Waals surface area contributed by atoms with Gasteiger partial charge in [0.2, 0.25) is 0 Å². The molecule has 3 heterocycles. The van der Waals surface area contributed by atoms with Gasteiger partial charge in [0.25, 0.3) is 5.91 Å². The molecule has 0 bridgehead atoms. The average Bonchev–Trinajstić information content (AvgIpc) is 3.29. The Hall–Kier alpha value is -4.95. The minimum atomic E-state index is -0.773. The summed E-state index contributed by atoms with van der Waals surface area (Å²) in [5, 5.41) is 9.77. The number of nitrogens with zero attached hydrogens (tertiary/aromatic N) is 6. The highest BCUT2D eigenvalue weighted by molar-refractivity contribution is 5.97. The number of nitriles is 1. The molecule has 11 heteroatoms. The highest BCUT2D eigenvalue weighted by Crippen LogP contribution is 2.29. The van der Waals surface area contributed by atoms with E-state index in [1.54, 1.807) is 53.7 Å². The minimum Gasteiger partial charge on any atom is -0.457 e. The number of para-hydroxylation sites is 1. The Balaban J connectivity index is 1.48. The van der Waals surface area contributed by atoms with E-state index in [4.69, 9.17) is 15.2 Å². The van der Waals surface area contributed by atoms with Crippen LogP contribution in [-0.2, 0) is 9.53 Å². The van der Waals surface area contributed by atoms with Gasteiger partial charge in [0.05, 0.1) is 17.3 Å². The molecule has 42 heavy (non-hydrogen) atoms. The topological polar surface area (TPSA) is 141 Å². The first kappa shape index (κ1) is 28.6. The largest absolute Gasteiger partial charge is 0.457 e. The molecule has 2 N–H and O–H groups in total. The second-order valence-electron chi connectivity index (χ2n) is 10.6. The summed E-state index contributed by atoms with van der Waals surface area (Å²) in [5.41, 5.74) is 6.51. The van der Waals surface area contributed by atoms with Gasteiger partial charge in [-0.2, -0.15) is 5.26 Å². The van der Waals surface area contributed by atoms with Crippen molar-refractivity contribution in [2.45, 2.75) is 45.3 Å². The Morgan fingerprint density at radius 2 is 1.86 bits per heavy atom. The van der Waals surface area contributed by atoms with Crippen LogP contribution >= 0.6 is 0 Å². The first-order valence-corrected chi connectivity index (χ1v) is 13.9. The molecule has 2 aromatic carbocycles. The van der Waals surface area contributed by atoms with Crippen molar-refractivity contribution in [2.24, 2.45) is 0 Å². The first-order chi connectivity index (χ1) is 20.2. The predicted molar refractivity (Wildman–Crippen MR) is 158 cm³/mol. The number of aromatic nitrogens is 4. The van der Waals surface area contributed by atoms with E-state index in [9.17, 15) is 14.9 Å². The molecule has 0 spiro atoms. The van der Waals surface area contributed by atoms with Gasteiger partial charge < -0.3 is 20.1 Å². The maximum absolute atomic E-state index is 14.0.